The summed E-state index contributed by atoms with van der Waals surface area (Å²) in [4.78, 5) is 22.2. The summed E-state index contributed by atoms with van der Waals surface area (Å²) in [6.07, 6.45) is 1.46. The van der Waals surface area contributed by atoms with Gasteiger partial charge in [-0.2, -0.15) is 0 Å². The molecule has 0 fully saturated rings. The van der Waals surface area contributed by atoms with Crippen LogP contribution in [0.5, 0.6) is 28.7 Å². The maximum atomic E-state index is 11.1. The van der Waals surface area contributed by atoms with Crippen LogP contribution in [-0.2, 0) is 4.57 Å². The summed E-state index contributed by atoms with van der Waals surface area (Å²) in [5.74, 6) is 1.06. The first-order valence-electron chi connectivity index (χ1n) is 8.42. The number of phosphoric acid groups is 1. The zero-order valence-electron chi connectivity index (χ0n) is 18.5. The minimum atomic E-state index is -5.29. The van der Waals surface area contributed by atoms with E-state index >= 15 is 0 Å². The van der Waals surface area contributed by atoms with Crippen molar-refractivity contribution in [1.82, 2.24) is 15.0 Å². The average Bonchev–Trinajstić information content (AvgIpc) is 3.21. The number of ether oxygens (including phenoxy) is 4. The topological polar surface area (TPSA) is 140 Å². The van der Waals surface area contributed by atoms with Gasteiger partial charge in [0.05, 0.1) is 46.0 Å². The van der Waals surface area contributed by atoms with Crippen LogP contribution in [0.3, 0.4) is 0 Å². The molecule has 160 valence electrons. The summed E-state index contributed by atoms with van der Waals surface area (Å²) >= 11 is 0. The fourth-order valence-electron chi connectivity index (χ4n) is 2.84. The Morgan fingerprint density at radius 1 is 0.844 bits per heavy atom. The molecule has 0 N–H and O–H groups in total. The minimum absolute atomic E-state index is 0. The van der Waals surface area contributed by atoms with Gasteiger partial charge in [0.15, 0.2) is 23.0 Å². The normalized spacial score (nSPS) is 10.4. The van der Waals surface area contributed by atoms with E-state index in [1.807, 2.05) is 0 Å². The van der Waals surface area contributed by atoms with E-state index in [9.17, 15) is 14.4 Å². The third-order valence-electron chi connectivity index (χ3n) is 4.11. The number of nitrogens with zero attached hydrogens (tertiary/aromatic N) is 3. The maximum Gasteiger partial charge on any atom is 1.00 e. The standard InChI is InChI=1S/C18H20N3O8P.2Na/c1-25-14-6-5-11(7-15(14)29-30(22,23)24)13-10-19-20-21(13)12-8-16(26-2)18(28-4)17(9-12)27-3;;/h5-10H,1-4H3,(H2,22,23,24);;/q;2*+1/p-2. The van der Waals surface area contributed by atoms with Crippen LogP contribution >= 0.6 is 7.82 Å². The predicted octanol–water partition coefficient (Wildman–Crippen LogP) is -4.82. The number of hydrogen-bond donors (Lipinski definition) is 0. The monoisotopic (exact) mass is 481 g/mol. The van der Waals surface area contributed by atoms with E-state index in [4.69, 9.17) is 18.9 Å². The molecule has 32 heavy (non-hydrogen) atoms. The summed E-state index contributed by atoms with van der Waals surface area (Å²) in [5.41, 5.74) is 1.48. The Morgan fingerprint density at radius 3 is 1.94 bits per heavy atom. The van der Waals surface area contributed by atoms with E-state index < -0.39 is 7.82 Å². The first-order chi connectivity index (χ1) is 14.3. The number of rotatable bonds is 8. The molecule has 0 amide bonds. The van der Waals surface area contributed by atoms with Crippen LogP contribution in [0.25, 0.3) is 16.9 Å². The summed E-state index contributed by atoms with van der Waals surface area (Å²) in [6.45, 7) is 0. The van der Waals surface area contributed by atoms with Crippen LogP contribution in [0.4, 0.5) is 0 Å². The van der Waals surface area contributed by atoms with E-state index in [2.05, 4.69) is 14.8 Å². The number of methoxy groups -OCH3 is 4. The molecule has 1 aromatic heterocycles. The molecule has 0 spiro atoms. The van der Waals surface area contributed by atoms with E-state index in [1.54, 1.807) is 18.2 Å². The fourth-order valence-corrected chi connectivity index (χ4v) is 3.22. The van der Waals surface area contributed by atoms with Crippen molar-refractivity contribution >= 4 is 7.82 Å². The van der Waals surface area contributed by atoms with Gasteiger partial charge in [0, 0.05) is 17.7 Å². The van der Waals surface area contributed by atoms with Crippen LogP contribution in [-0.4, -0.2) is 43.4 Å². The Kier molecular flexibility index (Phi) is 11.0. The molecule has 0 saturated heterocycles. The molecular formula is C18H18N3Na2O8P. The summed E-state index contributed by atoms with van der Waals surface area (Å²) < 4.78 is 38.2. The predicted molar refractivity (Wildman–Crippen MR) is 101 cm³/mol. The van der Waals surface area contributed by atoms with Crippen molar-refractivity contribution in [2.75, 3.05) is 28.4 Å². The van der Waals surface area contributed by atoms with Gasteiger partial charge in [-0.25, -0.2) is 4.68 Å². The number of phosphoric ester groups is 1. The minimum Gasteiger partial charge on any atom is -0.780 e. The SMILES string of the molecule is COc1ccc(-c2cnnn2-c2cc(OC)c(OC)c(OC)c2)cc1OP(=O)([O-])[O-].[Na+].[Na+]. The van der Waals surface area contributed by atoms with E-state index in [0.717, 1.165) is 0 Å². The van der Waals surface area contributed by atoms with Gasteiger partial charge in [0.1, 0.15) is 7.82 Å². The number of aromatic nitrogens is 3. The second-order valence-corrected chi connectivity index (χ2v) is 6.90. The van der Waals surface area contributed by atoms with Crippen molar-refractivity contribution < 1.29 is 96.9 Å². The molecule has 0 radical (unpaired) electrons. The van der Waals surface area contributed by atoms with Gasteiger partial charge >= 0.3 is 59.1 Å². The van der Waals surface area contributed by atoms with E-state index in [-0.39, 0.29) is 70.6 Å². The smallest absolute Gasteiger partial charge is 0.780 e. The quantitative estimate of drug-likeness (QED) is 0.227. The van der Waals surface area contributed by atoms with Crippen LogP contribution in [0.1, 0.15) is 0 Å². The Hall–Kier alpha value is -1.27. The van der Waals surface area contributed by atoms with Gasteiger partial charge in [0.2, 0.25) is 5.75 Å². The van der Waals surface area contributed by atoms with E-state index in [1.165, 1.54) is 51.5 Å². The molecule has 14 heteroatoms. The van der Waals surface area contributed by atoms with Crippen molar-refractivity contribution in [2.45, 2.75) is 0 Å². The number of benzene rings is 2. The molecule has 0 unspecified atom stereocenters. The maximum absolute atomic E-state index is 11.1. The van der Waals surface area contributed by atoms with Gasteiger partial charge in [-0.1, -0.05) is 5.21 Å². The molecule has 0 aliphatic rings. The van der Waals surface area contributed by atoms with Crippen molar-refractivity contribution in [3.05, 3.63) is 36.5 Å². The van der Waals surface area contributed by atoms with Gasteiger partial charge < -0.3 is 37.8 Å². The largest absolute Gasteiger partial charge is 1.00 e. The third-order valence-corrected chi connectivity index (χ3v) is 4.53. The van der Waals surface area contributed by atoms with Gasteiger partial charge in [-0.3, -0.25) is 0 Å². The van der Waals surface area contributed by atoms with Gasteiger partial charge in [0.25, 0.3) is 0 Å². The molecule has 0 atom stereocenters. The number of hydrogen-bond acceptors (Lipinski definition) is 10. The molecule has 0 aliphatic heterocycles. The summed E-state index contributed by atoms with van der Waals surface area (Å²) in [6, 6.07) is 7.79. The van der Waals surface area contributed by atoms with Crippen molar-refractivity contribution in [3.8, 4) is 45.7 Å². The molecule has 1 heterocycles. The second kappa shape index (κ2) is 12.3. The van der Waals surface area contributed by atoms with Crippen LogP contribution < -0.4 is 92.4 Å². The van der Waals surface area contributed by atoms with Crippen LogP contribution in [0.2, 0.25) is 0 Å². The fraction of sp³-hybridized carbons (Fsp3) is 0.222. The first-order valence-corrected chi connectivity index (χ1v) is 9.88. The second-order valence-electron chi connectivity index (χ2n) is 5.82. The summed E-state index contributed by atoms with van der Waals surface area (Å²) in [5, 5.41) is 8.01. The van der Waals surface area contributed by atoms with Crippen molar-refractivity contribution in [2.24, 2.45) is 0 Å². The van der Waals surface area contributed by atoms with E-state index in [0.29, 0.717) is 34.2 Å². The zero-order chi connectivity index (χ0) is 21.9. The van der Waals surface area contributed by atoms with Gasteiger partial charge in [-0.15, -0.1) is 5.10 Å². The van der Waals surface area contributed by atoms with Crippen LogP contribution in [0.15, 0.2) is 36.5 Å². The molecule has 11 nitrogen and oxygen atoms in total. The Labute approximate surface area is 228 Å². The van der Waals surface area contributed by atoms with Crippen molar-refractivity contribution in [1.29, 1.82) is 0 Å². The molecular weight excluding hydrogens is 463 g/mol. The Morgan fingerprint density at radius 2 is 1.44 bits per heavy atom. The average molecular weight is 481 g/mol. The molecule has 0 saturated carbocycles. The zero-order valence-corrected chi connectivity index (χ0v) is 23.4. The Balaban J connectivity index is 0.00000256. The Bertz CT molecular complexity index is 1080. The van der Waals surface area contributed by atoms with Crippen molar-refractivity contribution in [3.63, 3.8) is 0 Å². The molecule has 0 aliphatic carbocycles. The molecule has 3 rings (SSSR count). The van der Waals surface area contributed by atoms with Gasteiger partial charge in [-0.05, 0) is 18.2 Å². The molecule has 0 bridgehead atoms. The summed E-state index contributed by atoms with van der Waals surface area (Å²) in [7, 11) is 0.498. The third kappa shape index (κ3) is 6.40. The molecule has 2 aromatic carbocycles. The first kappa shape index (κ1) is 28.8. The van der Waals surface area contributed by atoms with Crippen LogP contribution in [0, 0.1) is 0 Å². The molecule has 3 aromatic rings.